The first-order valence-corrected chi connectivity index (χ1v) is 23.7. The number of benzene rings is 8. The molecule has 318 valence electrons. The summed E-state index contributed by atoms with van der Waals surface area (Å²) in [5, 5.41) is 16.6. The highest BCUT2D eigenvalue weighted by Gasteiger charge is 2.53. The van der Waals surface area contributed by atoms with E-state index < -0.39 is 5.41 Å². The van der Waals surface area contributed by atoms with Crippen LogP contribution in [0, 0.1) is 17.9 Å². The number of nitrogens with zero attached hydrogens (tertiary/aromatic N) is 7. The lowest BCUT2D eigenvalue weighted by molar-refractivity contribution is 0.711. The third kappa shape index (κ3) is 4.95. The van der Waals surface area contributed by atoms with Crippen LogP contribution in [0.1, 0.15) is 27.8 Å². The summed E-state index contributed by atoms with van der Waals surface area (Å²) in [6.07, 6.45) is 3.92. The quantitative estimate of drug-likeness (QED) is 0.166. The minimum Gasteiger partial charge on any atom is -0.309 e. The number of fused-ring (bicyclic) bond motifs is 18. The highest BCUT2D eigenvalue weighted by molar-refractivity contribution is 7.99. The largest absolute Gasteiger partial charge is 0.309 e. The van der Waals surface area contributed by atoms with Crippen molar-refractivity contribution in [2.45, 2.75) is 15.2 Å². The smallest absolute Gasteiger partial charge is 0.188 e. The zero-order valence-corrected chi connectivity index (χ0v) is 37.4. The third-order valence-electron chi connectivity index (χ3n) is 14.6. The molecule has 1 atom stereocenters. The second-order valence-corrected chi connectivity index (χ2v) is 19.0. The molecule has 0 radical (unpaired) electrons. The Kier molecular flexibility index (Phi) is 7.65. The predicted octanol–water partition coefficient (Wildman–Crippen LogP) is 15.0. The van der Waals surface area contributed by atoms with Crippen LogP contribution in [0.3, 0.4) is 0 Å². The van der Waals surface area contributed by atoms with Crippen molar-refractivity contribution in [3.63, 3.8) is 0 Å². The maximum absolute atomic E-state index is 9.98. The summed E-state index contributed by atoms with van der Waals surface area (Å²) in [4.78, 5) is 16.7. The first kappa shape index (κ1) is 38.0. The molecule has 13 aromatic rings. The minimum absolute atomic E-state index is 0.559. The highest BCUT2D eigenvalue weighted by Crippen LogP contribution is 2.63. The van der Waals surface area contributed by atoms with Crippen molar-refractivity contribution < 1.29 is 0 Å². The fourth-order valence-electron chi connectivity index (χ4n) is 11.9. The van der Waals surface area contributed by atoms with Crippen LogP contribution in [-0.4, -0.2) is 23.7 Å². The highest BCUT2D eigenvalue weighted by atomic mass is 32.2. The van der Waals surface area contributed by atoms with Gasteiger partial charge in [0.15, 0.2) is 5.69 Å². The SMILES string of the molecule is [C-]#[N+]c1ccc2c(c1)c1cc(C#N)ccc1n2-c1ccc2c(c1)Sc1cccc(-n3c4ccccc4c4ccccc43)c1C21c2cccnc2-c2ncc(-n3c4ccccc4c4ccccc43)cc21. The molecule has 8 heteroatoms. The summed E-state index contributed by atoms with van der Waals surface area (Å²) in [5.41, 5.74) is 16.0. The van der Waals surface area contributed by atoms with Crippen LogP contribution in [0.15, 0.2) is 210 Å². The summed E-state index contributed by atoms with van der Waals surface area (Å²) < 4.78 is 7.11. The van der Waals surface area contributed by atoms with Crippen LogP contribution in [0.25, 0.3) is 98.7 Å². The second kappa shape index (κ2) is 13.9. The fraction of sp³-hybridized carbons (Fsp3) is 0.0164. The summed E-state index contributed by atoms with van der Waals surface area (Å²) >= 11 is 1.80. The van der Waals surface area contributed by atoms with Crippen LogP contribution in [0.5, 0.6) is 0 Å². The van der Waals surface area contributed by atoms with Crippen LogP contribution in [0.4, 0.5) is 5.69 Å². The van der Waals surface area contributed by atoms with E-state index in [9.17, 15) is 5.26 Å². The standard InChI is InChI=1S/C61H33N7S/c1-63-37-24-28-54-45(31-37)44-30-36(34-62)23-27-53(44)66(54)38-25-26-46-57(33-38)69-56-22-10-21-55(68-51-19-8-4-14-42(51)43-15-5-9-20-52(43)68)58(56)61(46)47-16-11-29-64-59(47)60-48(61)32-39(35-65-60)67-49-17-6-2-12-40(49)41-13-3-7-18-50(41)67/h2-33,35H. The van der Waals surface area contributed by atoms with Crippen molar-refractivity contribution in [1.29, 1.82) is 5.26 Å². The van der Waals surface area contributed by atoms with E-state index in [0.29, 0.717) is 11.3 Å². The Balaban J connectivity index is 1.07. The van der Waals surface area contributed by atoms with Gasteiger partial charge in [0.25, 0.3) is 0 Å². The van der Waals surface area contributed by atoms with Crippen LogP contribution in [-0.2, 0) is 5.41 Å². The van der Waals surface area contributed by atoms with E-state index in [0.717, 1.165) is 98.8 Å². The van der Waals surface area contributed by atoms with Gasteiger partial charge in [-0.2, -0.15) is 5.26 Å². The number of nitriles is 1. The molecular weight excluding hydrogens is 863 g/mol. The summed E-state index contributed by atoms with van der Waals surface area (Å²) in [6, 6.07) is 69.2. The van der Waals surface area contributed by atoms with Gasteiger partial charge in [-0.1, -0.05) is 109 Å². The van der Waals surface area contributed by atoms with Crippen LogP contribution < -0.4 is 0 Å². The Bertz CT molecular complexity index is 4340. The maximum Gasteiger partial charge on any atom is 0.188 e. The Morgan fingerprint density at radius 1 is 0.478 bits per heavy atom. The Morgan fingerprint density at radius 2 is 1.09 bits per heavy atom. The molecule has 2 aliphatic rings. The van der Waals surface area contributed by atoms with Gasteiger partial charge in [0.1, 0.15) is 0 Å². The molecule has 0 saturated heterocycles. The van der Waals surface area contributed by atoms with Crippen molar-refractivity contribution in [3.8, 4) is 34.5 Å². The number of rotatable bonds is 3. The molecule has 8 aromatic carbocycles. The van der Waals surface area contributed by atoms with Gasteiger partial charge in [0.05, 0.1) is 85.7 Å². The van der Waals surface area contributed by atoms with Crippen molar-refractivity contribution in [2.24, 2.45) is 0 Å². The van der Waals surface area contributed by atoms with Crippen LogP contribution >= 0.6 is 11.8 Å². The number of hydrogen-bond donors (Lipinski definition) is 0. The molecule has 6 heterocycles. The van der Waals surface area contributed by atoms with Gasteiger partial charge >= 0.3 is 0 Å². The van der Waals surface area contributed by atoms with Gasteiger partial charge in [-0.3, -0.25) is 9.97 Å². The molecule has 1 aliphatic carbocycles. The molecule has 69 heavy (non-hydrogen) atoms. The van der Waals surface area contributed by atoms with Crippen LogP contribution in [0.2, 0.25) is 0 Å². The Hall–Kier alpha value is -9.21. The number of hydrogen-bond acceptors (Lipinski definition) is 4. The van der Waals surface area contributed by atoms with Crippen molar-refractivity contribution in [2.75, 3.05) is 0 Å². The van der Waals surface area contributed by atoms with E-state index in [4.69, 9.17) is 16.5 Å². The molecule has 15 rings (SSSR count). The second-order valence-electron chi connectivity index (χ2n) is 17.9. The molecule has 7 nitrogen and oxygen atoms in total. The van der Waals surface area contributed by atoms with E-state index >= 15 is 0 Å². The zero-order chi connectivity index (χ0) is 45.5. The topological polar surface area (TPSA) is 68.7 Å². The molecule has 1 aliphatic heterocycles. The van der Waals surface area contributed by atoms with Gasteiger partial charge in [-0.05, 0) is 108 Å². The van der Waals surface area contributed by atoms with Gasteiger partial charge in [0, 0.05) is 59.7 Å². The van der Waals surface area contributed by atoms with E-state index in [-0.39, 0.29) is 0 Å². The van der Waals surface area contributed by atoms with Gasteiger partial charge in [-0.15, -0.1) is 0 Å². The van der Waals surface area contributed by atoms with E-state index in [2.05, 4.69) is 176 Å². The molecule has 1 spiro atoms. The number of aromatic nitrogens is 5. The van der Waals surface area contributed by atoms with Gasteiger partial charge in [0.2, 0.25) is 0 Å². The van der Waals surface area contributed by atoms with E-state index in [1.54, 1.807) is 11.8 Å². The normalized spacial score (nSPS) is 14.6. The molecule has 0 amide bonds. The zero-order valence-electron chi connectivity index (χ0n) is 36.6. The fourth-order valence-corrected chi connectivity index (χ4v) is 13.2. The lowest BCUT2D eigenvalue weighted by atomic mass is 9.67. The molecule has 0 N–H and O–H groups in total. The lowest BCUT2D eigenvalue weighted by Crippen LogP contribution is -2.33. The van der Waals surface area contributed by atoms with Crippen molar-refractivity contribution in [3.05, 3.63) is 240 Å². The Morgan fingerprint density at radius 3 is 1.77 bits per heavy atom. The maximum atomic E-state index is 9.98. The first-order valence-electron chi connectivity index (χ1n) is 22.9. The minimum atomic E-state index is -0.870. The predicted molar refractivity (Wildman–Crippen MR) is 277 cm³/mol. The summed E-state index contributed by atoms with van der Waals surface area (Å²) in [6.45, 7) is 7.84. The van der Waals surface area contributed by atoms with Gasteiger partial charge < -0.3 is 13.7 Å². The average Bonchev–Trinajstić information content (AvgIpc) is 4.12. The number of para-hydroxylation sites is 4. The Labute approximate surface area is 399 Å². The molecule has 0 bridgehead atoms. The first-order chi connectivity index (χ1) is 34.1. The molecule has 5 aromatic heterocycles. The monoisotopic (exact) mass is 895 g/mol. The van der Waals surface area contributed by atoms with E-state index in [1.165, 1.54) is 27.1 Å². The third-order valence-corrected chi connectivity index (χ3v) is 15.7. The molecule has 0 fully saturated rings. The molecule has 1 unspecified atom stereocenters. The van der Waals surface area contributed by atoms with Crippen molar-refractivity contribution in [1.82, 2.24) is 23.7 Å². The van der Waals surface area contributed by atoms with Gasteiger partial charge in [-0.25, -0.2) is 4.85 Å². The van der Waals surface area contributed by atoms with E-state index in [1.807, 2.05) is 48.8 Å². The average molecular weight is 896 g/mol. The molecular formula is C61H33N7S. The molecule has 0 saturated carbocycles. The summed E-state index contributed by atoms with van der Waals surface area (Å²) in [7, 11) is 0. The van der Waals surface area contributed by atoms with Crippen molar-refractivity contribution >= 4 is 82.9 Å². The summed E-state index contributed by atoms with van der Waals surface area (Å²) in [5.74, 6) is 0. The number of pyridine rings is 2. The lowest BCUT2D eigenvalue weighted by Gasteiger charge is -2.41.